The van der Waals surface area contributed by atoms with E-state index in [0.717, 1.165) is 26.5 Å². The maximum absolute atomic E-state index is 13.5. The minimum Gasteiger partial charge on any atom is -0.493 e. The van der Waals surface area contributed by atoms with Gasteiger partial charge < -0.3 is 9.47 Å². The highest BCUT2D eigenvalue weighted by molar-refractivity contribution is 9.10. The van der Waals surface area contributed by atoms with Crippen LogP contribution in [0.4, 0.5) is 0 Å². The second-order valence-corrected chi connectivity index (χ2v) is 10.4. The average Bonchev–Trinajstić information content (AvgIpc) is 2.86. The minimum atomic E-state index is -0.225. The van der Waals surface area contributed by atoms with Gasteiger partial charge in [0.15, 0.2) is 11.5 Å². The fraction of sp³-hybridized carbons (Fsp3) is 0.250. The molecule has 186 valence electrons. The lowest BCUT2D eigenvalue weighted by atomic mass is 10.1. The molecule has 0 unspecified atom stereocenters. The van der Waals surface area contributed by atoms with Gasteiger partial charge >= 0.3 is 0 Å². The molecule has 1 atom stereocenters. The fourth-order valence-electron chi connectivity index (χ4n) is 3.85. The predicted octanol–water partition coefficient (Wildman–Crippen LogP) is 7.21. The van der Waals surface area contributed by atoms with E-state index in [-0.39, 0.29) is 11.5 Å². The van der Waals surface area contributed by atoms with E-state index >= 15 is 0 Å². The van der Waals surface area contributed by atoms with Crippen molar-refractivity contribution in [2.45, 2.75) is 39.7 Å². The van der Waals surface area contributed by atoms with Gasteiger partial charge in [-0.15, -0.1) is 0 Å². The average molecular weight is 613 g/mol. The van der Waals surface area contributed by atoms with Crippen molar-refractivity contribution in [1.29, 1.82) is 0 Å². The maximum atomic E-state index is 13.5. The quantitative estimate of drug-likeness (QED) is 0.197. The van der Waals surface area contributed by atoms with Crippen molar-refractivity contribution in [3.8, 4) is 11.5 Å². The molecule has 4 rings (SSSR count). The molecule has 1 aromatic heterocycles. The van der Waals surface area contributed by atoms with Gasteiger partial charge in [-0.3, -0.25) is 4.79 Å². The Morgan fingerprint density at radius 1 is 1.11 bits per heavy atom. The number of rotatable bonds is 8. The van der Waals surface area contributed by atoms with Crippen molar-refractivity contribution >= 4 is 49.0 Å². The number of aromatic nitrogens is 2. The first-order valence-corrected chi connectivity index (χ1v) is 13.2. The van der Waals surface area contributed by atoms with Gasteiger partial charge in [-0.05, 0) is 49.2 Å². The molecule has 0 amide bonds. The summed E-state index contributed by atoms with van der Waals surface area (Å²) in [5.74, 6) is 1.75. The lowest BCUT2D eigenvalue weighted by Gasteiger charge is -2.16. The van der Waals surface area contributed by atoms with Gasteiger partial charge in [0.2, 0.25) is 0 Å². The molecule has 0 saturated heterocycles. The lowest BCUT2D eigenvalue weighted by molar-refractivity contribution is 0.284. The zero-order valence-corrected chi connectivity index (χ0v) is 23.8. The van der Waals surface area contributed by atoms with Crippen LogP contribution in [0.2, 0.25) is 0 Å². The smallest absolute Gasteiger partial charge is 0.282 e. The summed E-state index contributed by atoms with van der Waals surface area (Å²) < 4.78 is 14.8. The SMILES string of the molecule is CC[C@@H](C)c1nc2ccc(Br)cc2c(=O)n1N=Cc1cc(Br)cc(OC)c1OCc1cccc(C)c1. The van der Waals surface area contributed by atoms with Crippen molar-refractivity contribution in [1.82, 2.24) is 9.66 Å². The molecular formula is C28H27Br2N3O3. The molecule has 0 saturated carbocycles. The van der Waals surface area contributed by atoms with Gasteiger partial charge in [-0.2, -0.15) is 9.78 Å². The first kappa shape index (κ1) is 26.1. The Labute approximate surface area is 227 Å². The van der Waals surface area contributed by atoms with Crippen LogP contribution in [0.15, 0.2) is 73.4 Å². The largest absolute Gasteiger partial charge is 0.493 e. The highest BCUT2D eigenvalue weighted by atomic mass is 79.9. The van der Waals surface area contributed by atoms with E-state index in [2.05, 4.69) is 50.0 Å². The second kappa shape index (κ2) is 11.4. The number of benzene rings is 3. The Kier molecular flexibility index (Phi) is 8.26. The van der Waals surface area contributed by atoms with Crippen molar-refractivity contribution in [3.63, 3.8) is 0 Å². The number of aryl methyl sites for hydroxylation is 1. The molecule has 36 heavy (non-hydrogen) atoms. The van der Waals surface area contributed by atoms with Crippen LogP contribution in [0.3, 0.4) is 0 Å². The summed E-state index contributed by atoms with van der Waals surface area (Å²) in [7, 11) is 1.60. The van der Waals surface area contributed by atoms with Crippen LogP contribution >= 0.6 is 31.9 Å². The molecular weight excluding hydrogens is 586 g/mol. The second-order valence-electron chi connectivity index (χ2n) is 8.61. The minimum absolute atomic E-state index is 0.0389. The Morgan fingerprint density at radius 2 is 1.92 bits per heavy atom. The van der Waals surface area contributed by atoms with Gasteiger partial charge in [0.05, 0.1) is 24.2 Å². The van der Waals surface area contributed by atoms with E-state index in [1.165, 1.54) is 4.68 Å². The van der Waals surface area contributed by atoms with E-state index in [9.17, 15) is 4.79 Å². The number of nitrogens with zero attached hydrogens (tertiary/aromatic N) is 3. The zero-order chi connectivity index (χ0) is 25.8. The van der Waals surface area contributed by atoms with Crippen molar-refractivity contribution in [2.24, 2.45) is 5.10 Å². The molecule has 0 aliphatic rings. The highest BCUT2D eigenvalue weighted by Crippen LogP contribution is 2.35. The highest BCUT2D eigenvalue weighted by Gasteiger charge is 2.17. The number of methoxy groups -OCH3 is 1. The maximum Gasteiger partial charge on any atom is 0.282 e. The molecule has 0 spiro atoms. The van der Waals surface area contributed by atoms with Crippen LogP contribution in [0, 0.1) is 6.92 Å². The number of fused-ring (bicyclic) bond motifs is 1. The molecule has 0 fully saturated rings. The molecule has 0 aliphatic carbocycles. The summed E-state index contributed by atoms with van der Waals surface area (Å²) in [5.41, 5.74) is 3.30. The molecule has 0 bridgehead atoms. The molecule has 8 heteroatoms. The number of halogens is 2. The molecule has 4 aromatic rings. The van der Waals surface area contributed by atoms with Gasteiger partial charge in [0, 0.05) is 20.4 Å². The monoisotopic (exact) mass is 611 g/mol. The molecule has 3 aromatic carbocycles. The summed E-state index contributed by atoms with van der Waals surface area (Å²) in [6, 6.07) is 17.4. The zero-order valence-electron chi connectivity index (χ0n) is 20.6. The molecule has 0 N–H and O–H groups in total. The Balaban J connectivity index is 1.81. The first-order valence-electron chi connectivity index (χ1n) is 11.6. The summed E-state index contributed by atoms with van der Waals surface area (Å²) in [5, 5.41) is 5.11. The van der Waals surface area contributed by atoms with Crippen LogP contribution in [-0.4, -0.2) is 23.0 Å². The van der Waals surface area contributed by atoms with Crippen LogP contribution in [0.1, 0.15) is 48.7 Å². The van der Waals surface area contributed by atoms with Crippen molar-refractivity contribution in [2.75, 3.05) is 7.11 Å². The van der Waals surface area contributed by atoms with E-state index in [4.69, 9.17) is 14.5 Å². The number of hydrogen-bond acceptors (Lipinski definition) is 5. The normalized spacial score (nSPS) is 12.3. The first-order chi connectivity index (χ1) is 17.3. The number of hydrogen-bond donors (Lipinski definition) is 0. The van der Waals surface area contributed by atoms with Crippen molar-refractivity contribution in [3.05, 3.63) is 96.4 Å². The van der Waals surface area contributed by atoms with Gasteiger partial charge in [-0.1, -0.05) is 75.5 Å². The van der Waals surface area contributed by atoms with Crippen LogP contribution < -0.4 is 15.0 Å². The van der Waals surface area contributed by atoms with Gasteiger partial charge in [-0.25, -0.2) is 4.98 Å². The summed E-state index contributed by atoms with van der Waals surface area (Å²) in [6.07, 6.45) is 2.44. The Hall–Kier alpha value is -2.97. The molecule has 0 aliphatic heterocycles. The van der Waals surface area contributed by atoms with Gasteiger partial charge in [0.1, 0.15) is 12.4 Å². The van der Waals surface area contributed by atoms with E-state index in [1.807, 2.05) is 56.3 Å². The Morgan fingerprint density at radius 3 is 2.64 bits per heavy atom. The number of ether oxygens (including phenoxy) is 2. The fourth-order valence-corrected chi connectivity index (χ4v) is 4.66. The van der Waals surface area contributed by atoms with E-state index in [0.29, 0.717) is 40.4 Å². The third-order valence-electron chi connectivity index (χ3n) is 5.93. The van der Waals surface area contributed by atoms with Crippen LogP contribution in [0.25, 0.3) is 10.9 Å². The Bertz CT molecular complexity index is 1500. The van der Waals surface area contributed by atoms with Crippen LogP contribution in [0.5, 0.6) is 11.5 Å². The van der Waals surface area contributed by atoms with E-state index in [1.54, 1.807) is 19.4 Å². The molecule has 6 nitrogen and oxygen atoms in total. The van der Waals surface area contributed by atoms with Crippen LogP contribution in [-0.2, 0) is 6.61 Å². The predicted molar refractivity (Wildman–Crippen MR) is 152 cm³/mol. The van der Waals surface area contributed by atoms with Gasteiger partial charge in [0.25, 0.3) is 5.56 Å². The molecule has 0 radical (unpaired) electrons. The standard InChI is InChI=1S/C28H27Br2N3O3/c1-5-18(3)27-32-24-10-9-21(29)13-23(24)28(34)33(27)31-15-20-12-22(30)14-25(35-4)26(20)36-16-19-8-6-7-17(2)11-19/h6-15,18H,5,16H2,1-4H3/t18-/m1/s1. The lowest BCUT2D eigenvalue weighted by Crippen LogP contribution is -2.23. The summed E-state index contributed by atoms with van der Waals surface area (Å²) in [6.45, 7) is 6.51. The third-order valence-corrected chi connectivity index (χ3v) is 6.88. The van der Waals surface area contributed by atoms with E-state index < -0.39 is 0 Å². The topological polar surface area (TPSA) is 65.7 Å². The molecule has 1 heterocycles. The summed E-state index contributed by atoms with van der Waals surface area (Å²) in [4.78, 5) is 18.3. The third kappa shape index (κ3) is 5.71. The summed E-state index contributed by atoms with van der Waals surface area (Å²) >= 11 is 6.99. The van der Waals surface area contributed by atoms with Crippen molar-refractivity contribution < 1.29 is 9.47 Å².